The van der Waals surface area contributed by atoms with Gasteiger partial charge >= 0.3 is 0 Å². The standard InChI is InChI=1S/C14H15BrN2/c1-10-7-8-12(15)9-13(10)14(17-16)11-5-3-2-4-6-11/h2-9,14,17H,16H2,1H3. The molecule has 0 spiro atoms. The lowest BCUT2D eigenvalue weighted by Crippen LogP contribution is -2.29. The van der Waals surface area contributed by atoms with Crippen LogP contribution in [0.4, 0.5) is 0 Å². The molecule has 2 rings (SSSR count). The van der Waals surface area contributed by atoms with Crippen LogP contribution in [0.1, 0.15) is 22.7 Å². The molecule has 2 aromatic carbocycles. The van der Waals surface area contributed by atoms with Crippen LogP contribution in [0.2, 0.25) is 0 Å². The average Bonchev–Trinajstić information content (AvgIpc) is 2.36. The van der Waals surface area contributed by atoms with Crippen LogP contribution in [-0.2, 0) is 0 Å². The largest absolute Gasteiger partial charge is 0.271 e. The van der Waals surface area contributed by atoms with Crippen molar-refractivity contribution >= 4 is 15.9 Å². The van der Waals surface area contributed by atoms with Crippen molar-refractivity contribution in [1.29, 1.82) is 0 Å². The SMILES string of the molecule is Cc1ccc(Br)cc1C(NN)c1ccccc1. The second-order valence-corrected chi connectivity index (χ2v) is 4.93. The minimum absolute atomic E-state index is 0.0219. The summed E-state index contributed by atoms with van der Waals surface area (Å²) >= 11 is 3.50. The van der Waals surface area contributed by atoms with E-state index in [2.05, 4.69) is 52.5 Å². The van der Waals surface area contributed by atoms with Crippen LogP contribution < -0.4 is 11.3 Å². The predicted molar refractivity (Wildman–Crippen MR) is 74.5 cm³/mol. The van der Waals surface area contributed by atoms with E-state index in [1.54, 1.807) is 0 Å². The number of hydrogen-bond acceptors (Lipinski definition) is 2. The highest BCUT2D eigenvalue weighted by molar-refractivity contribution is 9.10. The van der Waals surface area contributed by atoms with E-state index in [1.165, 1.54) is 11.1 Å². The summed E-state index contributed by atoms with van der Waals surface area (Å²) in [5, 5.41) is 0. The highest BCUT2D eigenvalue weighted by atomic mass is 79.9. The van der Waals surface area contributed by atoms with Gasteiger partial charge in [-0.2, -0.15) is 0 Å². The van der Waals surface area contributed by atoms with Crippen molar-refractivity contribution in [3.8, 4) is 0 Å². The highest BCUT2D eigenvalue weighted by Gasteiger charge is 2.14. The Morgan fingerprint density at radius 3 is 2.47 bits per heavy atom. The minimum Gasteiger partial charge on any atom is -0.271 e. The maximum Gasteiger partial charge on any atom is 0.0713 e. The van der Waals surface area contributed by atoms with Crippen molar-refractivity contribution in [1.82, 2.24) is 5.43 Å². The predicted octanol–water partition coefficient (Wildman–Crippen LogP) is 3.31. The van der Waals surface area contributed by atoms with Crippen LogP contribution in [0, 0.1) is 6.92 Å². The Labute approximate surface area is 110 Å². The summed E-state index contributed by atoms with van der Waals surface area (Å²) in [4.78, 5) is 0. The van der Waals surface area contributed by atoms with E-state index in [1.807, 2.05) is 24.3 Å². The van der Waals surface area contributed by atoms with Crippen molar-refractivity contribution in [2.24, 2.45) is 5.84 Å². The van der Waals surface area contributed by atoms with Crippen molar-refractivity contribution in [2.45, 2.75) is 13.0 Å². The highest BCUT2D eigenvalue weighted by Crippen LogP contribution is 2.26. The third kappa shape index (κ3) is 2.75. The molecule has 0 radical (unpaired) electrons. The molecule has 0 aliphatic rings. The maximum atomic E-state index is 5.69. The molecular weight excluding hydrogens is 276 g/mol. The van der Waals surface area contributed by atoms with Gasteiger partial charge in [-0.05, 0) is 35.7 Å². The average molecular weight is 291 g/mol. The first-order valence-electron chi connectivity index (χ1n) is 5.49. The smallest absolute Gasteiger partial charge is 0.0713 e. The zero-order valence-electron chi connectivity index (χ0n) is 9.65. The van der Waals surface area contributed by atoms with Crippen LogP contribution in [0.5, 0.6) is 0 Å². The zero-order valence-corrected chi connectivity index (χ0v) is 11.2. The second kappa shape index (κ2) is 5.45. The van der Waals surface area contributed by atoms with Crippen molar-refractivity contribution < 1.29 is 0 Å². The van der Waals surface area contributed by atoms with Crippen molar-refractivity contribution in [3.05, 3.63) is 69.7 Å². The summed E-state index contributed by atoms with van der Waals surface area (Å²) in [6.45, 7) is 2.09. The Kier molecular flexibility index (Phi) is 3.94. The lowest BCUT2D eigenvalue weighted by atomic mass is 9.96. The molecule has 3 heteroatoms. The molecule has 2 nitrogen and oxygen atoms in total. The molecule has 0 aliphatic carbocycles. The lowest BCUT2D eigenvalue weighted by Gasteiger charge is -2.19. The molecular formula is C14H15BrN2. The summed E-state index contributed by atoms with van der Waals surface area (Å²) in [6, 6.07) is 16.5. The molecule has 0 fully saturated rings. The summed E-state index contributed by atoms with van der Waals surface area (Å²) in [5.41, 5.74) is 6.46. The molecule has 0 heterocycles. The lowest BCUT2D eigenvalue weighted by molar-refractivity contribution is 0.633. The molecule has 0 aromatic heterocycles. The Morgan fingerprint density at radius 2 is 1.82 bits per heavy atom. The van der Waals surface area contributed by atoms with Gasteiger partial charge in [0.25, 0.3) is 0 Å². The molecule has 1 atom stereocenters. The van der Waals surface area contributed by atoms with Gasteiger partial charge in [0, 0.05) is 4.47 Å². The zero-order chi connectivity index (χ0) is 12.3. The van der Waals surface area contributed by atoms with Gasteiger partial charge in [-0.3, -0.25) is 5.84 Å². The fourth-order valence-electron chi connectivity index (χ4n) is 1.93. The van der Waals surface area contributed by atoms with Gasteiger partial charge in [0.2, 0.25) is 0 Å². The Hall–Kier alpha value is -1.16. The molecule has 1 unspecified atom stereocenters. The van der Waals surface area contributed by atoms with E-state index in [4.69, 9.17) is 5.84 Å². The first-order chi connectivity index (χ1) is 8.22. The molecule has 88 valence electrons. The van der Waals surface area contributed by atoms with E-state index >= 15 is 0 Å². The molecule has 0 aliphatic heterocycles. The quantitative estimate of drug-likeness (QED) is 0.672. The molecule has 0 amide bonds. The normalized spacial score (nSPS) is 12.4. The monoisotopic (exact) mass is 290 g/mol. The number of rotatable bonds is 3. The Morgan fingerprint density at radius 1 is 1.12 bits per heavy atom. The fourth-order valence-corrected chi connectivity index (χ4v) is 2.31. The van der Waals surface area contributed by atoms with E-state index in [0.29, 0.717) is 0 Å². The van der Waals surface area contributed by atoms with E-state index in [9.17, 15) is 0 Å². The Balaban J connectivity index is 2.46. The van der Waals surface area contributed by atoms with Gasteiger partial charge < -0.3 is 0 Å². The van der Waals surface area contributed by atoms with Gasteiger partial charge in [0.05, 0.1) is 6.04 Å². The summed E-state index contributed by atoms with van der Waals surface area (Å²) in [5.74, 6) is 5.69. The summed E-state index contributed by atoms with van der Waals surface area (Å²) in [7, 11) is 0. The van der Waals surface area contributed by atoms with Gasteiger partial charge in [-0.15, -0.1) is 0 Å². The van der Waals surface area contributed by atoms with Gasteiger partial charge in [0.15, 0.2) is 0 Å². The van der Waals surface area contributed by atoms with E-state index in [0.717, 1.165) is 10.0 Å². The number of aryl methyl sites for hydroxylation is 1. The fraction of sp³-hybridized carbons (Fsp3) is 0.143. The number of hydrazine groups is 1. The molecule has 3 N–H and O–H groups in total. The first kappa shape index (κ1) is 12.3. The van der Waals surface area contributed by atoms with Crippen LogP contribution in [-0.4, -0.2) is 0 Å². The third-order valence-corrected chi connectivity index (χ3v) is 3.35. The molecule has 0 saturated heterocycles. The number of hydrogen-bond donors (Lipinski definition) is 2. The van der Waals surface area contributed by atoms with E-state index < -0.39 is 0 Å². The van der Waals surface area contributed by atoms with Crippen LogP contribution in [0.3, 0.4) is 0 Å². The molecule has 2 aromatic rings. The van der Waals surface area contributed by atoms with Crippen LogP contribution >= 0.6 is 15.9 Å². The van der Waals surface area contributed by atoms with E-state index in [-0.39, 0.29) is 6.04 Å². The van der Waals surface area contributed by atoms with Crippen LogP contribution in [0.25, 0.3) is 0 Å². The first-order valence-corrected chi connectivity index (χ1v) is 6.29. The van der Waals surface area contributed by atoms with Gasteiger partial charge in [-0.25, -0.2) is 5.43 Å². The van der Waals surface area contributed by atoms with Gasteiger partial charge in [0.1, 0.15) is 0 Å². The van der Waals surface area contributed by atoms with Crippen molar-refractivity contribution in [2.75, 3.05) is 0 Å². The van der Waals surface area contributed by atoms with Gasteiger partial charge in [-0.1, -0.05) is 52.3 Å². The number of nitrogens with two attached hydrogens (primary N) is 1. The van der Waals surface area contributed by atoms with Crippen LogP contribution in [0.15, 0.2) is 53.0 Å². The van der Waals surface area contributed by atoms with Crippen molar-refractivity contribution in [3.63, 3.8) is 0 Å². The number of nitrogens with one attached hydrogen (secondary N) is 1. The molecule has 17 heavy (non-hydrogen) atoms. The third-order valence-electron chi connectivity index (χ3n) is 2.85. The minimum atomic E-state index is 0.0219. The topological polar surface area (TPSA) is 38.0 Å². The number of benzene rings is 2. The summed E-state index contributed by atoms with van der Waals surface area (Å²) < 4.78 is 1.06. The molecule has 0 bridgehead atoms. The molecule has 0 saturated carbocycles. The number of halogens is 1. The maximum absolute atomic E-state index is 5.69. The summed E-state index contributed by atoms with van der Waals surface area (Å²) in [6.07, 6.45) is 0. The second-order valence-electron chi connectivity index (χ2n) is 4.01. The Bertz CT molecular complexity index is 497.